The Bertz CT molecular complexity index is 430. The molecule has 0 spiro atoms. The second-order valence-corrected chi connectivity index (χ2v) is 3.74. The van der Waals surface area contributed by atoms with Gasteiger partial charge in [0, 0.05) is 10.6 Å². The SMILES string of the molecule is C=CC(=O)OO[P+](=O)Oc1ccccc1CC. The minimum Gasteiger partial charge on any atom is -0.246 e. The van der Waals surface area contributed by atoms with E-state index in [1.54, 1.807) is 12.1 Å². The van der Waals surface area contributed by atoms with Crippen LogP contribution in [0, 0.1) is 0 Å². The molecular weight excluding hydrogens is 243 g/mol. The molecule has 0 fully saturated rings. The topological polar surface area (TPSA) is 61.8 Å². The number of hydrogen-bond acceptors (Lipinski definition) is 5. The number of carbonyl (C=O) groups excluding carboxylic acids is 1. The van der Waals surface area contributed by atoms with E-state index in [9.17, 15) is 9.36 Å². The van der Waals surface area contributed by atoms with E-state index in [1.165, 1.54) is 0 Å². The Morgan fingerprint density at radius 2 is 2.18 bits per heavy atom. The van der Waals surface area contributed by atoms with Crippen LogP contribution in [0.3, 0.4) is 0 Å². The molecule has 1 aromatic rings. The maximum Gasteiger partial charge on any atom is 0.791 e. The van der Waals surface area contributed by atoms with Crippen molar-refractivity contribution in [2.24, 2.45) is 0 Å². The van der Waals surface area contributed by atoms with Gasteiger partial charge in [-0.15, -0.1) is 0 Å². The molecule has 90 valence electrons. The Balaban J connectivity index is 2.56. The van der Waals surface area contributed by atoms with Crippen molar-refractivity contribution in [3.63, 3.8) is 0 Å². The van der Waals surface area contributed by atoms with Gasteiger partial charge in [-0.25, -0.2) is 14.2 Å². The lowest BCUT2D eigenvalue weighted by molar-refractivity contribution is -0.207. The van der Waals surface area contributed by atoms with E-state index in [0.717, 1.165) is 18.1 Å². The molecule has 0 aliphatic heterocycles. The molecule has 6 heteroatoms. The Labute approximate surface area is 99.9 Å². The predicted molar refractivity (Wildman–Crippen MR) is 61.4 cm³/mol. The van der Waals surface area contributed by atoms with Crippen molar-refractivity contribution < 1.29 is 23.4 Å². The maximum absolute atomic E-state index is 11.3. The molecule has 5 nitrogen and oxygen atoms in total. The molecule has 0 heterocycles. The van der Waals surface area contributed by atoms with Gasteiger partial charge in [0.2, 0.25) is 0 Å². The van der Waals surface area contributed by atoms with Gasteiger partial charge in [0.15, 0.2) is 5.75 Å². The van der Waals surface area contributed by atoms with Crippen molar-refractivity contribution in [1.82, 2.24) is 0 Å². The fourth-order valence-corrected chi connectivity index (χ4v) is 1.59. The first kappa shape index (κ1) is 13.4. The zero-order valence-electron chi connectivity index (χ0n) is 9.29. The van der Waals surface area contributed by atoms with Crippen LogP contribution < -0.4 is 4.52 Å². The molecule has 0 bridgehead atoms. The van der Waals surface area contributed by atoms with E-state index in [4.69, 9.17) is 4.52 Å². The van der Waals surface area contributed by atoms with Gasteiger partial charge in [0.25, 0.3) is 0 Å². The fraction of sp³-hybridized carbons (Fsp3) is 0.182. The van der Waals surface area contributed by atoms with Crippen molar-refractivity contribution in [1.29, 1.82) is 0 Å². The Hall–Kier alpha value is -1.71. The second-order valence-electron chi connectivity index (χ2n) is 2.96. The first-order chi connectivity index (χ1) is 8.17. The van der Waals surface area contributed by atoms with Gasteiger partial charge < -0.3 is 0 Å². The zero-order chi connectivity index (χ0) is 12.7. The molecule has 0 radical (unpaired) electrons. The second kappa shape index (κ2) is 6.78. The van der Waals surface area contributed by atoms with Crippen molar-refractivity contribution in [3.05, 3.63) is 42.5 Å². The number of para-hydroxylation sites is 1. The van der Waals surface area contributed by atoms with Gasteiger partial charge in [0.1, 0.15) is 4.67 Å². The Morgan fingerprint density at radius 1 is 1.47 bits per heavy atom. The third-order valence-corrected chi connectivity index (χ3v) is 2.42. The lowest BCUT2D eigenvalue weighted by Gasteiger charge is -1.99. The summed E-state index contributed by atoms with van der Waals surface area (Å²) >= 11 is 0. The molecular formula is C11H12O5P+. The van der Waals surface area contributed by atoms with Gasteiger partial charge in [-0.2, -0.15) is 0 Å². The summed E-state index contributed by atoms with van der Waals surface area (Å²) in [6.07, 6.45) is 1.62. The van der Waals surface area contributed by atoms with Crippen LogP contribution >= 0.6 is 8.25 Å². The lowest BCUT2D eigenvalue weighted by Crippen LogP contribution is -1.98. The van der Waals surface area contributed by atoms with Gasteiger partial charge >= 0.3 is 14.2 Å². The van der Waals surface area contributed by atoms with Crippen LogP contribution in [-0.4, -0.2) is 5.97 Å². The van der Waals surface area contributed by atoms with Crippen LogP contribution in [0.2, 0.25) is 0 Å². The highest BCUT2D eigenvalue weighted by atomic mass is 31.1. The normalized spacial score (nSPS) is 10.5. The lowest BCUT2D eigenvalue weighted by atomic mass is 10.1. The predicted octanol–water partition coefficient (Wildman–Crippen LogP) is 2.95. The standard InChI is InChI=1S/C11H12O5P/c1-3-9-7-5-6-8-10(9)15-17(13)16-14-11(12)4-2/h4-8H,2-3H2,1H3/q+1. The third-order valence-electron chi connectivity index (χ3n) is 1.87. The molecule has 17 heavy (non-hydrogen) atoms. The summed E-state index contributed by atoms with van der Waals surface area (Å²) in [5.74, 6) is -0.397. The van der Waals surface area contributed by atoms with E-state index in [2.05, 4.69) is 16.1 Å². The number of rotatable bonds is 6. The number of aryl methyl sites for hydroxylation is 1. The Kier molecular flexibility index (Phi) is 5.33. The minimum absolute atomic E-state index is 0.436. The van der Waals surface area contributed by atoms with Crippen molar-refractivity contribution in [2.75, 3.05) is 0 Å². The molecule has 1 aromatic carbocycles. The van der Waals surface area contributed by atoms with Crippen LogP contribution in [0.4, 0.5) is 0 Å². The van der Waals surface area contributed by atoms with E-state index >= 15 is 0 Å². The maximum atomic E-state index is 11.3. The van der Waals surface area contributed by atoms with E-state index in [-0.39, 0.29) is 0 Å². The van der Waals surface area contributed by atoms with Gasteiger partial charge in [0.05, 0.1) is 0 Å². The number of carbonyl (C=O) groups is 1. The quantitative estimate of drug-likeness (QED) is 0.338. The van der Waals surface area contributed by atoms with Crippen LogP contribution in [0.15, 0.2) is 36.9 Å². The van der Waals surface area contributed by atoms with Crippen LogP contribution in [0.1, 0.15) is 12.5 Å². The van der Waals surface area contributed by atoms with Crippen LogP contribution in [0.25, 0.3) is 0 Å². The van der Waals surface area contributed by atoms with Crippen molar-refractivity contribution >= 4 is 14.2 Å². The molecule has 0 amide bonds. The van der Waals surface area contributed by atoms with Gasteiger partial charge in [-0.05, 0) is 18.1 Å². The molecule has 0 aliphatic rings. The summed E-state index contributed by atoms with van der Waals surface area (Å²) in [5.41, 5.74) is 0.884. The fourth-order valence-electron chi connectivity index (χ4n) is 1.08. The Morgan fingerprint density at radius 3 is 2.82 bits per heavy atom. The summed E-state index contributed by atoms with van der Waals surface area (Å²) in [7, 11) is -2.56. The van der Waals surface area contributed by atoms with Crippen molar-refractivity contribution in [2.45, 2.75) is 13.3 Å². The minimum atomic E-state index is -2.56. The molecule has 1 atom stereocenters. The molecule has 1 unspecified atom stereocenters. The van der Waals surface area contributed by atoms with Crippen LogP contribution in [0.5, 0.6) is 5.75 Å². The zero-order valence-corrected chi connectivity index (χ0v) is 10.2. The molecule has 0 saturated heterocycles. The largest absolute Gasteiger partial charge is 0.791 e. The summed E-state index contributed by atoms with van der Waals surface area (Å²) in [6, 6.07) is 7.09. The van der Waals surface area contributed by atoms with Crippen LogP contribution in [-0.2, 0) is 25.3 Å². The molecule has 0 aliphatic carbocycles. The highest BCUT2D eigenvalue weighted by Crippen LogP contribution is 2.31. The average Bonchev–Trinajstić information content (AvgIpc) is 2.36. The number of hydrogen-bond donors (Lipinski definition) is 0. The smallest absolute Gasteiger partial charge is 0.246 e. The summed E-state index contributed by atoms with van der Waals surface area (Å²) in [6.45, 7) is 5.10. The van der Waals surface area contributed by atoms with E-state index in [0.29, 0.717) is 5.75 Å². The molecule has 0 aromatic heterocycles. The third kappa shape index (κ3) is 4.34. The first-order valence-corrected chi connectivity index (χ1v) is 6.01. The highest BCUT2D eigenvalue weighted by molar-refractivity contribution is 7.33. The highest BCUT2D eigenvalue weighted by Gasteiger charge is 2.27. The molecule has 0 N–H and O–H groups in total. The number of benzene rings is 1. The van der Waals surface area contributed by atoms with Gasteiger partial charge in [-0.1, -0.05) is 31.7 Å². The molecule has 1 rings (SSSR count). The van der Waals surface area contributed by atoms with Gasteiger partial charge in [-0.3, -0.25) is 0 Å². The van der Waals surface area contributed by atoms with Crippen molar-refractivity contribution in [3.8, 4) is 5.75 Å². The first-order valence-electron chi connectivity index (χ1n) is 4.91. The molecule has 0 saturated carbocycles. The summed E-state index contributed by atoms with van der Waals surface area (Å²) in [5, 5.41) is 0. The monoisotopic (exact) mass is 255 g/mol. The average molecular weight is 255 g/mol. The summed E-state index contributed by atoms with van der Waals surface area (Å²) in [4.78, 5) is 14.8. The van der Waals surface area contributed by atoms with E-state index < -0.39 is 14.2 Å². The summed E-state index contributed by atoms with van der Waals surface area (Å²) < 4.78 is 20.6. The van der Waals surface area contributed by atoms with E-state index in [1.807, 2.05) is 19.1 Å².